The number of hydrogen-bond donors (Lipinski definition) is 3. The molecule has 0 saturated heterocycles. The Labute approximate surface area is 101 Å². The highest BCUT2D eigenvalue weighted by atomic mass is 16.3. The second-order valence-electron chi connectivity index (χ2n) is 4.05. The maximum Gasteiger partial charge on any atom is 0.0626 e. The Morgan fingerprint density at radius 2 is 2.12 bits per heavy atom. The van der Waals surface area contributed by atoms with Gasteiger partial charge in [-0.15, -0.1) is 0 Å². The Bertz CT molecular complexity index is 453. The lowest BCUT2D eigenvalue weighted by molar-refractivity contribution is 0.243. The fourth-order valence-corrected chi connectivity index (χ4v) is 1.76. The van der Waals surface area contributed by atoms with Crippen LogP contribution in [0.3, 0.4) is 0 Å². The summed E-state index contributed by atoms with van der Waals surface area (Å²) in [5, 5.41) is 19.6. The highest BCUT2D eigenvalue weighted by Gasteiger charge is 2.10. The van der Waals surface area contributed by atoms with E-state index in [1.165, 1.54) is 0 Å². The number of aryl methyl sites for hydroxylation is 1. The molecule has 1 heterocycles. The van der Waals surface area contributed by atoms with Crippen LogP contribution in [0.25, 0.3) is 0 Å². The second kappa shape index (κ2) is 5.61. The van der Waals surface area contributed by atoms with Gasteiger partial charge in [0.15, 0.2) is 0 Å². The lowest BCUT2D eigenvalue weighted by atomic mass is 10.1. The number of benzene rings is 1. The number of nitrogens with one attached hydrogen (secondary N) is 2. The van der Waals surface area contributed by atoms with Crippen LogP contribution < -0.4 is 5.32 Å². The van der Waals surface area contributed by atoms with Crippen molar-refractivity contribution in [2.75, 3.05) is 6.61 Å². The van der Waals surface area contributed by atoms with Crippen molar-refractivity contribution in [2.45, 2.75) is 19.5 Å². The molecule has 0 aliphatic heterocycles. The standard InChI is InChI=1S/C13H17N3O/c1-10-12(8-15-16-10)7-14-13(9-17)11-5-3-2-4-6-11/h2-6,8,13-14,17H,7,9H2,1H3,(H,15,16)/t13-/m0/s1. The molecule has 0 aliphatic carbocycles. The van der Waals surface area contributed by atoms with Crippen molar-refractivity contribution >= 4 is 0 Å². The fourth-order valence-electron chi connectivity index (χ4n) is 1.76. The Morgan fingerprint density at radius 3 is 2.71 bits per heavy atom. The Hall–Kier alpha value is -1.65. The molecule has 90 valence electrons. The molecule has 1 aromatic carbocycles. The van der Waals surface area contributed by atoms with E-state index in [2.05, 4.69) is 15.5 Å². The fraction of sp³-hybridized carbons (Fsp3) is 0.308. The molecule has 0 radical (unpaired) electrons. The molecule has 0 spiro atoms. The third-order valence-electron chi connectivity index (χ3n) is 2.86. The van der Waals surface area contributed by atoms with Gasteiger partial charge in [-0.3, -0.25) is 5.10 Å². The summed E-state index contributed by atoms with van der Waals surface area (Å²) in [4.78, 5) is 0. The maximum atomic E-state index is 9.39. The van der Waals surface area contributed by atoms with Crippen LogP contribution in [0.2, 0.25) is 0 Å². The Kier molecular flexibility index (Phi) is 3.90. The normalized spacial score (nSPS) is 12.6. The molecule has 0 amide bonds. The minimum Gasteiger partial charge on any atom is -0.394 e. The van der Waals surface area contributed by atoms with Crippen molar-refractivity contribution in [1.82, 2.24) is 15.5 Å². The van der Waals surface area contributed by atoms with E-state index in [0.717, 1.165) is 16.8 Å². The van der Waals surface area contributed by atoms with Crippen LogP contribution in [0.5, 0.6) is 0 Å². The van der Waals surface area contributed by atoms with Crippen molar-refractivity contribution in [3.8, 4) is 0 Å². The zero-order valence-electron chi connectivity index (χ0n) is 9.85. The van der Waals surface area contributed by atoms with Crippen molar-refractivity contribution in [1.29, 1.82) is 0 Å². The van der Waals surface area contributed by atoms with Crippen molar-refractivity contribution in [3.05, 3.63) is 53.3 Å². The lowest BCUT2D eigenvalue weighted by Gasteiger charge is -2.16. The Balaban J connectivity index is 1.99. The smallest absolute Gasteiger partial charge is 0.0626 e. The number of aromatic nitrogens is 2. The van der Waals surface area contributed by atoms with Crippen LogP contribution in [-0.4, -0.2) is 21.9 Å². The van der Waals surface area contributed by atoms with Gasteiger partial charge in [0.05, 0.1) is 18.8 Å². The number of hydrogen-bond acceptors (Lipinski definition) is 3. The zero-order chi connectivity index (χ0) is 12.1. The first-order chi connectivity index (χ1) is 8.31. The van der Waals surface area contributed by atoms with Gasteiger partial charge >= 0.3 is 0 Å². The molecule has 2 aromatic rings. The average Bonchev–Trinajstić information content (AvgIpc) is 2.77. The number of aliphatic hydroxyl groups excluding tert-OH is 1. The summed E-state index contributed by atoms with van der Waals surface area (Å²) in [6, 6.07) is 9.90. The van der Waals surface area contributed by atoms with Crippen LogP contribution in [0, 0.1) is 6.92 Å². The monoisotopic (exact) mass is 231 g/mol. The summed E-state index contributed by atoms with van der Waals surface area (Å²) in [6.45, 7) is 2.77. The topological polar surface area (TPSA) is 60.9 Å². The predicted octanol–water partition coefficient (Wildman–Crippen LogP) is 1.54. The number of aliphatic hydroxyl groups is 1. The first kappa shape index (κ1) is 11.8. The molecule has 1 atom stereocenters. The lowest BCUT2D eigenvalue weighted by Crippen LogP contribution is -2.24. The molecule has 17 heavy (non-hydrogen) atoms. The van der Waals surface area contributed by atoms with Gasteiger partial charge in [0, 0.05) is 17.8 Å². The third kappa shape index (κ3) is 2.93. The predicted molar refractivity (Wildman–Crippen MR) is 66.4 cm³/mol. The molecule has 0 aliphatic rings. The van der Waals surface area contributed by atoms with Crippen LogP contribution in [0.1, 0.15) is 22.9 Å². The number of rotatable bonds is 5. The minimum atomic E-state index is -0.0366. The quantitative estimate of drug-likeness (QED) is 0.731. The highest BCUT2D eigenvalue weighted by molar-refractivity contribution is 5.20. The van der Waals surface area contributed by atoms with E-state index in [4.69, 9.17) is 0 Å². The molecule has 0 bridgehead atoms. The van der Waals surface area contributed by atoms with Gasteiger partial charge in [0.25, 0.3) is 0 Å². The summed E-state index contributed by atoms with van der Waals surface area (Å²) >= 11 is 0. The molecular weight excluding hydrogens is 214 g/mol. The van der Waals surface area contributed by atoms with E-state index in [0.29, 0.717) is 6.54 Å². The van der Waals surface area contributed by atoms with Crippen LogP contribution in [-0.2, 0) is 6.54 Å². The molecule has 0 unspecified atom stereocenters. The number of aromatic amines is 1. The van der Waals surface area contributed by atoms with Gasteiger partial charge in [-0.2, -0.15) is 5.10 Å². The summed E-state index contributed by atoms with van der Waals surface area (Å²) in [5.74, 6) is 0. The summed E-state index contributed by atoms with van der Waals surface area (Å²) in [5.41, 5.74) is 3.28. The summed E-state index contributed by atoms with van der Waals surface area (Å²) in [6.07, 6.45) is 1.81. The van der Waals surface area contributed by atoms with Crippen molar-refractivity contribution < 1.29 is 5.11 Å². The molecule has 3 N–H and O–H groups in total. The maximum absolute atomic E-state index is 9.39. The second-order valence-corrected chi connectivity index (χ2v) is 4.05. The summed E-state index contributed by atoms with van der Waals surface area (Å²) in [7, 11) is 0. The minimum absolute atomic E-state index is 0.0366. The zero-order valence-corrected chi connectivity index (χ0v) is 9.85. The largest absolute Gasteiger partial charge is 0.394 e. The van der Waals surface area contributed by atoms with Gasteiger partial charge < -0.3 is 10.4 Å². The van der Waals surface area contributed by atoms with Gasteiger partial charge in [-0.25, -0.2) is 0 Å². The molecule has 0 saturated carbocycles. The molecule has 1 aromatic heterocycles. The number of H-pyrrole nitrogens is 1. The van der Waals surface area contributed by atoms with Gasteiger partial charge in [-0.05, 0) is 12.5 Å². The van der Waals surface area contributed by atoms with Gasteiger partial charge in [0.2, 0.25) is 0 Å². The van der Waals surface area contributed by atoms with E-state index >= 15 is 0 Å². The van der Waals surface area contributed by atoms with Gasteiger partial charge in [-0.1, -0.05) is 30.3 Å². The highest BCUT2D eigenvalue weighted by Crippen LogP contribution is 2.13. The van der Waals surface area contributed by atoms with Crippen molar-refractivity contribution in [2.24, 2.45) is 0 Å². The molecule has 2 rings (SSSR count). The van der Waals surface area contributed by atoms with Crippen LogP contribution in [0.4, 0.5) is 0 Å². The van der Waals surface area contributed by atoms with E-state index in [9.17, 15) is 5.11 Å². The summed E-state index contributed by atoms with van der Waals surface area (Å²) < 4.78 is 0. The van der Waals surface area contributed by atoms with Gasteiger partial charge in [0.1, 0.15) is 0 Å². The van der Waals surface area contributed by atoms with Crippen LogP contribution in [0.15, 0.2) is 36.5 Å². The molecule has 4 heteroatoms. The van der Waals surface area contributed by atoms with E-state index in [-0.39, 0.29) is 12.6 Å². The van der Waals surface area contributed by atoms with Crippen molar-refractivity contribution in [3.63, 3.8) is 0 Å². The number of nitrogens with zero attached hydrogens (tertiary/aromatic N) is 1. The van der Waals surface area contributed by atoms with Crippen LogP contribution >= 0.6 is 0 Å². The molecular formula is C13H17N3O. The first-order valence-electron chi connectivity index (χ1n) is 5.69. The van der Waals surface area contributed by atoms with E-state index in [1.807, 2.05) is 43.5 Å². The molecule has 0 fully saturated rings. The average molecular weight is 231 g/mol. The van der Waals surface area contributed by atoms with E-state index in [1.54, 1.807) is 0 Å². The van der Waals surface area contributed by atoms with E-state index < -0.39 is 0 Å². The SMILES string of the molecule is Cc1[nH]ncc1CN[C@@H](CO)c1ccccc1. The molecule has 4 nitrogen and oxygen atoms in total. The first-order valence-corrected chi connectivity index (χ1v) is 5.69. The third-order valence-corrected chi connectivity index (χ3v) is 2.86. The Morgan fingerprint density at radius 1 is 1.35 bits per heavy atom.